The first-order chi connectivity index (χ1) is 15.4. The van der Waals surface area contributed by atoms with E-state index in [0.717, 1.165) is 30.4 Å². The van der Waals surface area contributed by atoms with Crippen LogP contribution < -0.4 is 5.32 Å². The molecule has 1 heterocycles. The van der Waals surface area contributed by atoms with Crippen LogP contribution in [0.15, 0.2) is 36.4 Å². The fourth-order valence-corrected chi connectivity index (χ4v) is 6.90. The summed E-state index contributed by atoms with van der Waals surface area (Å²) in [7, 11) is 0. The number of anilines is 1. The molecular formula is C26H28F2N2O2. The molecule has 5 rings (SSSR count). The lowest BCUT2D eigenvalue weighted by Crippen LogP contribution is -2.44. The van der Waals surface area contributed by atoms with Crippen molar-refractivity contribution >= 4 is 17.5 Å². The predicted molar refractivity (Wildman–Crippen MR) is 117 cm³/mol. The quantitative estimate of drug-likeness (QED) is 0.648. The van der Waals surface area contributed by atoms with Gasteiger partial charge in [0.1, 0.15) is 17.4 Å². The van der Waals surface area contributed by atoms with E-state index >= 15 is 0 Å². The van der Waals surface area contributed by atoms with Crippen LogP contribution in [0.3, 0.4) is 0 Å². The molecule has 0 aliphatic heterocycles. The van der Waals surface area contributed by atoms with Gasteiger partial charge in [0.15, 0.2) is 0 Å². The molecule has 4 nitrogen and oxygen atoms in total. The van der Waals surface area contributed by atoms with Crippen molar-refractivity contribution in [2.45, 2.75) is 57.8 Å². The summed E-state index contributed by atoms with van der Waals surface area (Å²) in [6, 6.07) is 9.69. The Bertz CT molecular complexity index is 1070. The summed E-state index contributed by atoms with van der Waals surface area (Å²) in [5.41, 5.74) is 1.62. The molecule has 3 unspecified atom stereocenters. The molecule has 0 saturated heterocycles. The summed E-state index contributed by atoms with van der Waals surface area (Å²) < 4.78 is 27.7. The van der Waals surface area contributed by atoms with Crippen molar-refractivity contribution in [1.29, 1.82) is 0 Å². The number of nitrogens with zero attached hydrogens (tertiary/aromatic N) is 1. The Morgan fingerprint density at radius 1 is 1.19 bits per heavy atom. The zero-order valence-corrected chi connectivity index (χ0v) is 18.2. The van der Waals surface area contributed by atoms with Gasteiger partial charge < -0.3 is 5.32 Å². The number of hydrogen-bond acceptors (Lipinski definition) is 3. The summed E-state index contributed by atoms with van der Waals surface area (Å²) in [4.78, 5) is 29.2. The van der Waals surface area contributed by atoms with E-state index in [0.29, 0.717) is 31.0 Å². The molecule has 1 aromatic carbocycles. The molecule has 0 bridgehead atoms. The van der Waals surface area contributed by atoms with Crippen molar-refractivity contribution in [3.8, 4) is 0 Å². The van der Waals surface area contributed by atoms with Crippen LogP contribution in [0.4, 0.5) is 14.6 Å². The molecule has 1 N–H and O–H groups in total. The van der Waals surface area contributed by atoms with Crippen molar-refractivity contribution in [1.82, 2.24) is 4.98 Å². The minimum Gasteiger partial charge on any atom is -0.311 e. The SMILES string of the molecule is C[C@]12CCC3c4cccc(F)c4CCC3C1[C@H](CCC(=O)Nc1cccc(F)n1)CC2=O. The normalized spacial score (nSPS) is 30.9. The Hall–Kier alpha value is -2.63. The van der Waals surface area contributed by atoms with Gasteiger partial charge in [-0.15, -0.1) is 0 Å². The van der Waals surface area contributed by atoms with Crippen molar-refractivity contribution < 1.29 is 18.4 Å². The third-order valence-corrected chi connectivity index (χ3v) is 8.29. The molecule has 0 spiro atoms. The molecule has 168 valence electrons. The molecule has 2 saturated carbocycles. The molecular weight excluding hydrogens is 410 g/mol. The number of hydrogen-bond donors (Lipinski definition) is 1. The highest BCUT2D eigenvalue weighted by Crippen LogP contribution is 2.62. The van der Waals surface area contributed by atoms with Gasteiger partial charge in [0, 0.05) is 18.3 Å². The van der Waals surface area contributed by atoms with Gasteiger partial charge in [0.2, 0.25) is 11.9 Å². The number of fused-ring (bicyclic) bond motifs is 5. The minimum atomic E-state index is -0.637. The number of aromatic nitrogens is 1. The number of carbonyl (C=O) groups excluding carboxylic acids is 2. The molecule has 3 aliphatic rings. The van der Waals surface area contributed by atoms with E-state index in [1.807, 2.05) is 0 Å². The number of Topliss-reactive ketones (excluding diaryl/α,β-unsaturated/α-hetero) is 1. The Balaban J connectivity index is 1.33. The number of carbonyl (C=O) groups is 2. The molecule has 2 fully saturated rings. The average molecular weight is 439 g/mol. The molecule has 5 atom stereocenters. The summed E-state index contributed by atoms with van der Waals surface area (Å²) in [6.07, 6.45) is 4.73. The van der Waals surface area contributed by atoms with Gasteiger partial charge in [-0.3, -0.25) is 9.59 Å². The fraction of sp³-hybridized carbons (Fsp3) is 0.500. The number of halogens is 2. The monoisotopic (exact) mass is 438 g/mol. The maximum atomic E-state index is 14.4. The maximum absolute atomic E-state index is 14.4. The molecule has 3 aliphatic carbocycles. The lowest BCUT2D eigenvalue weighted by molar-refractivity contribution is -0.129. The number of benzene rings is 1. The third-order valence-electron chi connectivity index (χ3n) is 8.29. The van der Waals surface area contributed by atoms with E-state index in [1.165, 1.54) is 12.1 Å². The first-order valence-electron chi connectivity index (χ1n) is 11.6. The predicted octanol–water partition coefficient (Wildman–Crippen LogP) is 5.43. The van der Waals surface area contributed by atoms with E-state index in [2.05, 4.69) is 23.3 Å². The van der Waals surface area contributed by atoms with Crippen LogP contribution in [0.1, 0.15) is 62.5 Å². The van der Waals surface area contributed by atoms with Crippen LogP contribution in [-0.2, 0) is 16.0 Å². The first-order valence-corrected chi connectivity index (χ1v) is 11.6. The van der Waals surface area contributed by atoms with Crippen LogP contribution >= 0.6 is 0 Å². The van der Waals surface area contributed by atoms with Gasteiger partial charge in [-0.1, -0.05) is 25.1 Å². The zero-order valence-electron chi connectivity index (χ0n) is 18.2. The molecule has 6 heteroatoms. The molecule has 1 aromatic heterocycles. The molecule has 2 aromatic rings. The highest BCUT2D eigenvalue weighted by atomic mass is 19.1. The highest BCUT2D eigenvalue weighted by Gasteiger charge is 2.58. The van der Waals surface area contributed by atoms with Crippen LogP contribution in [-0.4, -0.2) is 16.7 Å². The number of amides is 1. The van der Waals surface area contributed by atoms with Crippen molar-refractivity contribution in [2.75, 3.05) is 5.32 Å². The molecule has 1 amide bonds. The minimum absolute atomic E-state index is 0.115. The van der Waals surface area contributed by atoms with E-state index < -0.39 is 5.95 Å². The number of rotatable bonds is 4. The van der Waals surface area contributed by atoms with Crippen LogP contribution in [0.25, 0.3) is 0 Å². The number of pyridine rings is 1. The standard InChI is InChI=1S/C26H28F2N2O2/c1-26-13-12-17-16-4-2-5-20(27)18(16)9-10-19(17)25(26)15(14-21(26)31)8-11-24(32)30-23-7-3-6-22(28)29-23/h2-7,15,17,19,25H,8-14H2,1H3,(H,29,30,32)/t15-,17?,19?,25?,26-/m1/s1. The smallest absolute Gasteiger partial charge is 0.225 e. The first kappa shape index (κ1) is 21.2. The summed E-state index contributed by atoms with van der Waals surface area (Å²) in [6.45, 7) is 2.11. The topological polar surface area (TPSA) is 59.1 Å². The van der Waals surface area contributed by atoms with Gasteiger partial charge in [-0.05, 0) is 85.1 Å². The second-order valence-corrected chi connectivity index (χ2v) is 9.92. The second kappa shape index (κ2) is 8.05. The van der Waals surface area contributed by atoms with Crippen LogP contribution in [0, 0.1) is 34.9 Å². The van der Waals surface area contributed by atoms with Gasteiger partial charge in [-0.25, -0.2) is 9.37 Å². The van der Waals surface area contributed by atoms with Crippen LogP contribution in [0.2, 0.25) is 0 Å². The number of nitrogens with one attached hydrogen (secondary N) is 1. The second-order valence-electron chi connectivity index (χ2n) is 9.92. The van der Waals surface area contributed by atoms with E-state index in [-0.39, 0.29) is 47.1 Å². The Labute approximate surface area is 186 Å². The van der Waals surface area contributed by atoms with Gasteiger partial charge in [0.25, 0.3) is 0 Å². The lowest BCUT2D eigenvalue weighted by atomic mass is 9.54. The highest BCUT2D eigenvalue weighted by molar-refractivity contribution is 5.90. The van der Waals surface area contributed by atoms with Gasteiger partial charge >= 0.3 is 0 Å². The van der Waals surface area contributed by atoms with E-state index in [9.17, 15) is 18.4 Å². The summed E-state index contributed by atoms with van der Waals surface area (Å²) in [5.74, 6) is 0.519. The van der Waals surface area contributed by atoms with Crippen molar-refractivity contribution in [2.24, 2.45) is 23.2 Å². The Morgan fingerprint density at radius 3 is 2.81 bits per heavy atom. The van der Waals surface area contributed by atoms with Crippen LogP contribution in [0.5, 0.6) is 0 Å². The maximum Gasteiger partial charge on any atom is 0.225 e. The van der Waals surface area contributed by atoms with E-state index in [1.54, 1.807) is 18.2 Å². The summed E-state index contributed by atoms with van der Waals surface area (Å²) in [5, 5.41) is 2.66. The van der Waals surface area contributed by atoms with Crippen molar-refractivity contribution in [3.63, 3.8) is 0 Å². The largest absolute Gasteiger partial charge is 0.311 e. The lowest BCUT2D eigenvalue weighted by Gasteiger charge is -2.50. The number of ketones is 1. The third kappa shape index (κ3) is 3.54. The average Bonchev–Trinajstić information content (AvgIpc) is 3.02. The van der Waals surface area contributed by atoms with E-state index in [4.69, 9.17) is 0 Å². The fourth-order valence-electron chi connectivity index (χ4n) is 6.90. The zero-order chi connectivity index (χ0) is 22.5. The molecule has 0 radical (unpaired) electrons. The summed E-state index contributed by atoms with van der Waals surface area (Å²) >= 11 is 0. The Morgan fingerprint density at radius 2 is 2.00 bits per heavy atom. The Kier molecular flexibility index (Phi) is 5.34. The van der Waals surface area contributed by atoms with Gasteiger partial charge in [0.05, 0.1) is 0 Å². The van der Waals surface area contributed by atoms with Gasteiger partial charge in [-0.2, -0.15) is 4.39 Å². The molecule has 32 heavy (non-hydrogen) atoms. The van der Waals surface area contributed by atoms with Crippen molar-refractivity contribution in [3.05, 3.63) is 59.3 Å².